The molecular weight excluding hydrogens is 258 g/mol. The number of nitrogens with zero attached hydrogens (tertiary/aromatic N) is 1. The molecule has 0 spiro atoms. The normalized spacial score (nSPS) is 20.7. The highest BCUT2D eigenvalue weighted by atomic mass is 35.5. The van der Waals surface area contributed by atoms with Crippen LogP contribution in [0, 0.1) is 11.3 Å². The third-order valence-electron chi connectivity index (χ3n) is 3.30. The lowest BCUT2D eigenvalue weighted by molar-refractivity contribution is 0.287. The minimum atomic E-state index is -3.06. The van der Waals surface area contributed by atoms with E-state index in [1.807, 2.05) is 0 Å². The summed E-state index contributed by atoms with van der Waals surface area (Å²) in [5.41, 5.74) is 0.0710. The molecule has 0 bridgehead atoms. The van der Waals surface area contributed by atoms with Crippen LogP contribution in [0.5, 0.6) is 0 Å². The lowest BCUT2D eigenvalue weighted by Gasteiger charge is -2.31. The van der Waals surface area contributed by atoms with Crippen molar-refractivity contribution in [3.63, 3.8) is 0 Å². The Morgan fingerprint density at radius 3 is 2.18 bits per heavy atom. The molecule has 0 unspecified atom stereocenters. The summed E-state index contributed by atoms with van der Waals surface area (Å²) in [7, 11) is -3.06. The molecule has 0 N–H and O–H groups in total. The number of hydrogen-bond acceptors (Lipinski definition) is 2. The number of sulfonamides is 1. The molecule has 1 fully saturated rings. The highest BCUT2D eigenvalue weighted by Gasteiger charge is 2.28. The van der Waals surface area contributed by atoms with Crippen LogP contribution in [0.25, 0.3) is 0 Å². The molecule has 0 aliphatic carbocycles. The van der Waals surface area contributed by atoms with Gasteiger partial charge in [0.05, 0.1) is 5.75 Å². The smallest absolute Gasteiger partial charge is 0.212 e. The van der Waals surface area contributed by atoms with Crippen LogP contribution in [0.15, 0.2) is 0 Å². The summed E-state index contributed by atoms with van der Waals surface area (Å²) in [6, 6.07) is 0. The molecule has 0 atom stereocenters. The Balaban J connectivity index is 2.49. The molecule has 0 aromatic rings. The van der Waals surface area contributed by atoms with E-state index in [1.165, 1.54) is 0 Å². The third-order valence-corrected chi connectivity index (χ3v) is 5.60. The van der Waals surface area contributed by atoms with Crippen molar-refractivity contribution in [2.75, 3.05) is 24.7 Å². The van der Waals surface area contributed by atoms with Gasteiger partial charge in [0.15, 0.2) is 0 Å². The molecule has 102 valence electrons. The summed E-state index contributed by atoms with van der Waals surface area (Å²) in [4.78, 5) is 0. The fourth-order valence-corrected chi connectivity index (χ4v) is 4.11. The average molecular weight is 282 g/mol. The maximum Gasteiger partial charge on any atom is 0.214 e. The zero-order chi connectivity index (χ0) is 13.1. The Morgan fingerprint density at radius 1 is 1.24 bits per heavy atom. The first-order valence-corrected chi connectivity index (χ1v) is 8.43. The van der Waals surface area contributed by atoms with Crippen LogP contribution in [-0.4, -0.2) is 37.4 Å². The SMILES string of the molecule is CC(C)(C)CCS(=O)(=O)N1CCC(CCl)CC1. The van der Waals surface area contributed by atoms with E-state index in [2.05, 4.69) is 20.8 Å². The lowest BCUT2D eigenvalue weighted by atomic mass is 9.94. The monoisotopic (exact) mass is 281 g/mol. The third kappa shape index (κ3) is 5.14. The Labute approximate surface area is 111 Å². The summed E-state index contributed by atoms with van der Waals surface area (Å²) < 4.78 is 25.9. The fourth-order valence-electron chi connectivity index (χ4n) is 1.91. The zero-order valence-corrected chi connectivity index (χ0v) is 12.6. The van der Waals surface area contributed by atoms with Crippen LogP contribution in [0.4, 0.5) is 0 Å². The van der Waals surface area contributed by atoms with Crippen molar-refractivity contribution >= 4 is 21.6 Å². The van der Waals surface area contributed by atoms with Crippen molar-refractivity contribution in [2.45, 2.75) is 40.0 Å². The van der Waals surface area contributed by atoms with Gasteiger partial charge in [-0.05, 0) is 30.6 Å². The van der Waals surface area contributed by atoms with Gasteiger partial charge in [0.2, 0.25) is 10.0 Å². The van der Waals surface area contributed by atoms with Gasteiger partial charge in [-0.1, -0.05) is 20.8 Å². The second-order valence-electron chi connectivity index (χ2n) is 6.12. The van der Waals surface area contributed by atoms with Crippen molar-refractivity contribution in [3.8, 4) is 0 Å². The van der Waals surface area contributed by atoms with Crippen LogP contribution in [-0.2, 0) is 10.0 Å². The van der Waals surface area contributed by atoms with Crippen LogP contribution in [0.2, 0.25) is 0 Å². The van der Waals surface area contributed by atoms with Gasteiger partial charge in [-0.2, -0.15) is 0 Å². The van der Waals surface area contributed by atoms with E-state index in [0.717, 1.165) is 12.8 Å². The summed E-state index contributed by atoms with van der Waals surface area (Å²) in [6.45, 7) is 7.50. The summed E-state index contributed by atoms with van der Waals surface area (Å²) >= 11 is 5.80. The number of rotatable bonds is 4. The lowest BCUT2D eigenvalue weighted by Crippen LogP contribution is -2.40. The predicted octanol–water partition coefficient (Wildman–Crippen LogP) is 2.70. The van der Waals surface area contributed by atoms with Crippen LogP contribution in [0.3, 0.4) is 0 Å². The number of hydrogen-bond donors (Lipinski definition) is 0. The first-order chi connectivity index (χ1) is 7.74. The minimum Gasteiger partial charge on any atom is -0.212 e. The standard InChI is InChI=1S/C12H24ClNO2S/c1-12(2,3)6-9-17(15,16)14-7-4-11(10-13)5-8-14/h11H,4-10H2,1-3H3. The second kappa shape index (κ2) is 5.89. The Kier molecular flexibility index (Phi) is 5.29. The van der Waals surface area contributed by atoms with Gasteiger partial charge < -0.3 is 0 Å². The van der Waals surface area contributed by atoms with Crippen LogP contribution in [0.1, 0.15) is 40.0 Å². The quantitative estimate of drug-likeness (QED) is 0.743. The fraction of sp³-hybridized carbons (Fsp3) is 1.00. The van der Waals surface area contributed by atoms with Gasteiger partial charge in [0, 0.05) is 19.0 Å². The maximum absolute atomic E-state index is 12.1. The molecule has 1 heterocycles. The van der Waals surface area contributed by atoms with E-state index in [9.17, 15) is 8.42 Å². The zero-order valence-electron chi connectivity index (χ0n) is 11.1. The van der Waals surface area contributed by atoms with Crippen molar-refractivity contribution < 1.29 is 8.42 Å². The molecule has 1 aliphatic heterocycles. The molecule has 0 aromatic heterocycles. The van der Waals surface area contributed by atoms with Crippen molar-refractivity contribution in [2.24, 2.45) is 11.3 Å². The highest BCUT2D eigenvalue weighted by Crippen LogP contribution is 2.24. The van der Waals surface area contributed by atoms with E-state index in [4.69, 9.17) is 11.6 Å². The van der Waals surface area contributed by atoms with E-state index in [1.54, 1.807) is 4.31 Å². The van der Waals surface area contributed by atoms with E-state index < -0.39 is 10.0 Å². The first kappa shape index (κ1) is 15.3. The summed E-state index contributed by atoms with van der Waals surface area (Å²) in [6.07, 6.45) is 2.52. The van der Waals surface area contributed by atoms with Gasteiger partial charge in [0.25, 0.3) is 0 Å². The Bertz CT molecular complexity index is 327. The van der Waals surface area contributed by atoms with Crippen LogP contribution < -0.4 is 0 Å². The minimum absolute atomic E-state index is 0.0710. The first-order valence-electron chi connectivity index (χ1n) is 6.28. The molecule has 1 aliphatic rings. The molecule has 0 radical (unpaired) electrons. The van der Waals surface area contributed by atoms with Gasteiger partial charge in [-0.25, -0.2) is 12.7 Å². The van der Waals surface area contributed by atoms with Gasteiger partial charge >= 0.3 is 0 Å². The molecule has 5 heteroatoms. The van der Waals surface area contributed by atoms with E-state index in [0.29, 0.717) is 31.3 Å². The molecule has 17 heavy (non-hydrogen) atoms. The van der Waals surface area contributed by atoms with Gasteiger partial charge in [-0.15, -0.1) is 11.6 Å². The number of piperidine rings is 1. The number of alkyl halides is 1. The summed E-state index contributed by atoms with van der Waals surface area (Å²) in [5, 5.41) is 0. The Morgan fingerprint density at radius 2 is 1.76 bits per heavy atom. The largest absolute Gasteiger partial charge is 0.214 e. The van der Waals surface area contributed by atoms with Crippen molar-refractivity contribution in [1.82, 2.24) is 4.31 Å². The average Bonchev–Trinajstić information content (AvgIpc) is 2.26. The molecular formula is C12H24ClNO2S. The van der Waals surface area contributed by atoms with Gasteiger partial charge in [0.1, 0.15) is 0 Å². The van der Waals surface area contributed by atoms with E-state index in [-0.39, 0.29) is 11.2 Å². The molecule has 0 amide bonds. The van der Waals surface area contributed by atoms with Crippen molar-refractivity contribution in [1.29, 1.82) is 0 Å². The topological polar surface area (TPSA) is 37.4 Å². The van der Waals surface area contributed by atoms with Gasteiger partial charge in [-0.3, -0.25) is 0 Å². The Hall–Kier alpha value is 0.200. The highest BCUT2D eigenvalue weighted by molar-refractivity contribution is 7.89. The van der Waals surface area contributed by atoms with E-state index >= 15 is 0 Å². The molecule has 0 saturated carbocycles. The molecule has 3 nitrogen and oxygen atoms in total. The summed E-state index contributed by atoms with van der Waals surface area (Å²) in [5.74, 6) is 1.41. The number of halogens is 1. The molecule has 1 saturated heterocycles. The predicted molar refractivity (Wildman–Crippen MR) is 72.9 cm³/mol. The van der Waals surface area contributed by atoms with Crippen molar-refractivity contribution in [3.05, 3.63) is 0 Å². The maximum atomic E-state index is 12.1. The second-order valence-corrected chi connectivity index (χ2v) is 8.52. The van der Waals surface area contributed by atoms with Crippen LogP contribution >= 0.6 is 11.6 Å². The molecule has 0 aromatic carbocycles. The molecule has 1 rings (SSSR count).